The van der Waals surface area contributed by atoms with Crippen LogP contribution in [0.15, 0.2) is 21.5 Å². The number of hydrogen-bond donors (Lipinski definition) is 1. The Morgan fingerprint density at radius 1 is 1.31 bits per heavy atom. The molecular weight excluding hydrogens is 374 g/mol. The van der Waals surface area contributed by atoms with Gasteiger partial charge in [-0.2, -0.15) is 5.10 Å². The first-order valence-corrected chi connectivity index (χ1v) is 10.3. The molecule has 8 heteroatoms. The predicted molar refractivity (Wildman–Crippen MR) is 103 cm³/mol. The van der Waals surface area contributed by atoms with Crippen molar-refractivity contribution in [3.05, 3.63) is 50.8 Å². The minimum absolute atomic E-state index is 0.0902. The summed E-state index contributed by atoms with van der Waals surface area (Å²) < 4.78 is 17.0. The standard InChI is InChI=1S/C21H25N3O5/c1-13-10-16(15-2-8-27-12-15)29-20(26)17(13)19(25)24-6-4-21(5-7-24)18-14(3-9-28-21)11-22-23-18/h10-11,15H,2-9,12H2,1H3,(H,22,23). The summed E-state index contributed by atoms with van der Waals surface area (Å²) in [5, 5.41) is 7.26. The van der Waals surface area contributed by atoms with E-state index in [1.54, 1.807) is 11.8 Å². The number of hydrogen-bond acceptors (Lipinski definition) is 6. The highest BCUT2D eigenvalue weighted by Gasteiger charge is 2.43. The van der Waals surface area contributed by atoms with E-state index in [0.717, 1.165) is 18.5 Å². The summed E-state index contributed by atoms with van der Waals surface area (Å²) in [4.78, 5) is 27.5. The molecule has 0 saturated carbocycles. The fourth-order valence-corrected chi connectivity index (χ4v) is 4.80. The molecule has 0 aromatic carbocycles. The van der Waals surface area contributed by atoms with Crippen LogP contribution in [0.1, 0.15) is 58.1 Å². The number of H-pyrrole nitrogens is 1. The molecule has 3 aliphatic heterocycles. The van der Waals surface area contributed by atoms with Gasteiger partial charge in [0.15, 0.2) is 0 Å². The highest BCUT2D eigenvalue weighted by atomic mass is 16.5. The highest BCUT2D eigenvalue weighted by molar-refractivity contribution is 5.95. The lowest BCUT2D eigenvalue weighted by atomic mass is 9.83. The lowest BCUT2D eigenvalue weighted by Crippen LogP contribution is -2.49. The summed E-state index contributed by atoms with van der Waals surface area (Å²) in [7, 11) is 0. The zero-order chi connectivity index (χ0) is 20.0. The van der Waals surface area contributed by atoms with Crippen LogP contribution in [-0.2, 0) is 21.5 Å². The maximum atomic E-state index is 13.1. The fourth-order valence-electron chi connectivity index (χ4n) is 4.80. The number of fused-ring (bicyclic) bond motifs is 2. The van der Waals surface area contributed by atoms with Crippen LogP contribution >= 0.6 is 0 Å². The van der Waals surface area contributed by atoms with Crippen molar-refractivity contribution < 1.29 is 18.7 Å². The Hall–Kier alpha value is -2.45. The van der Waals surface area contributed by atoms with E-state index >= 15 is 0 Å². The van der Waals surface area contributed by atoms with Crippen LogP contribution in [0.5, 0.6) is 0 Å². The van der Waals surface area contributed by atoms with Gasteiger partial charge in [0.05, 0.1) is 25.1 Å². The number of carbonyl (C=O) groups is 1. The van der Waals surface area contributed by atoms with Crippen LogP contribution in [-0.4, -0.2) is 53.9 Å². The van der Waals surface area contributed by atoms with E-state index in [1.165, 1.54) is 5.56 Å². The topological polar surface area (TPSA) is 97.7 Å². The van der Waals surface area contributed by atoms with Crippen molar-refractivity contribution in [1.82, 2.24) is 15.1 Å². The summed E-state index contributed by atoms with van der Waals surface area (Å²) in [6.07, 6.45) is 4.91. The molecule has 3 aliphatic rings. The van der Waals surface area contributed by atoms with Crippen LogP contribution in [0.25, 0.3) is 0 Å². The number of nitrogens with zero attached hydrogens (tertiary/aromatic N) is 2. The Bertz CT molecular complexity index is 980. The van der Waals surface area contributed by atoms with Crippen LogP contribution in [0.2, 0.25) is 0 Å². The van der Waals surface area contributed by atoms with Crippen LogP contribution in [0.4, 0.5) is 0 Å². The number of carbonyl (C=O) groups excluding carboxylic acids is 1. The van der Waals surface area contributed by atoms with E-state index in [2.05, 4.69) is 10.2 Å². The minimum Gasteiger partial charge on any atom is -0.427 e. The minimum atomic E-state index is -0.554. The van der Waals surface area contributed by atoms with E-state index < -0.39 is 11.2 Å². The molecule has 29 heavy (non-hydrogen) atoms. The summed E-state index contributed by atoms with van der Waals surface area (Å²) in [6, 6.07) is 1.82. The van der Waals surface area contributed by atoms with Crippen molar-refractivity contribution >= 4 is 5.91 Å². The van der Waals surface area contributed by atoms with Crippen LogP contribution < -0.4 is 5.63 Å². The second-order valence-electron chi connectivity index (χ2n) is 8.21. The summed E-state index contributed by atoms with van der Waals surface area (Å²) in [5.74, 6) is 0.440. The normalized spacial score (nSPS) is 23.3. The van der Waals surface area contributed by atoms with Gasteiger partial charge in [0.1, 0.15) is 16.9 Å². The van der Waals surface area contributed by atoms with E-state index in [1.807, 2.05) is 12.3 Å². The number of aryl methyl sites for hydroxylation is 1. The number of aromatic amines is 1. The Kier molecular flexibility index (Phi) is 4.55. The molecule has 2 saturated heterocycles. The van der Waals surface area contributed by atoms with E-state index in [4.69, 9.17) is 13.9 Å². The molecule has 0 bridgehead atoms. The van der Waals surface area contributed by atoms with E-state index in [-0.39, 0.29) is 17.4 Å². The highest BCUT2D eigenvalue weighted by Crippen LogP contribution is 2.40. The van der Waals surface area contributed by atoms with Crippen LogP contribution in [0.3, 0.4) is 0 Å². The molecule has 2 aromatic heterocycles. The van der Waals surface area contributed by atoms with Gasteiger partial charge in [0.2, 0.25) is 0 Å². The van der Waals surface area contributed by atoms with Gasteiger partial charge in [0.25, 0.3) is 5.91 Å². The van der Waals surface area contributed by atoms with Gasteiger partial charge >= 0.3 is 5.63 Å². The van der Waals surface area contributed by atoms with Gasteiger partial charge in [-0.3, -0.25) is 9.89 Å². The molecule has 1 amide bonds. The monoisotopic (exact) mass is 399 g/mol. The first-order chi connectivity index (χ1) is 14.1. The van der Waals surface area contributed by atoms with Gasteiger partial charge < -0.3 is 18.8 Å². The average molecular weight is 399 g/mol. The SMILES string of the molecule is Cc1cc(C2CCOC2)oc(=O)c1C(=O)N1CCC2(CC1)OCCc1cn[nH]c12. The molecule has 5 rings (SSSR count). The average Bonchev–Trinajstić information content (AvgIpc) is 3.41. The Morgan fingerprint density at radius 3 is 2.86 bits per heavy atom. The molecule has 0 radical (unpaired) electrons. The molecule has 2 aromatic rings. The Labute approximate surface area is 168 Å². The molecule has 1 atom stereocenters. The smallest absolute Gasteiger partial charge is 0.349 e. The lowest BCUT2D eigenvalue weighted by Gasteiger charge is -2.43. The second kappa shape index (κ2) is 7.11. The van der Waals surface area contributed by atoms with E-state index in [9.17, 15) is 9.59 Å². The molecule has 2 fully saturated rings. The maximum absolute atomic E-state index is 13.1. The van der Waals surface area contributed by atoms with E-state index in [0.29, 0.717) is 57.1 Å². The van der Waals surface area contributed by atoms with Crippen molar-refractivity contribution in [3.8, 4) is 0 Å². The second-order valence-corrected chi connectivity index (χ2v) is 8.21. The first kappa shape index (κ1) is 18.6. The quantitative estimate of drug-likeness (QED) is 0.828. The molecular formula is C21H25N3O5. The van der Waals surface area contributed by atoms with Crippen molar-refractivity contribution in [3.63, 3.8) is 0 Å². The fraction of sp³-hybridized carbons (Fsp3) is 0.571. The van der Waals surface area contributed by atoms with Gasteiger partial charge in [-0.1, -0.05) is 0 Å². The zero-order valence-electron chi connectivity index (χ0n) is 16.5. The third kappa shape index (κ3) is 3.11. The van der Waals surface area contributed by atoms with Gasteiger partial charge in [-0.25, -0.2) is 4.79 Å². The Balaban J connectivity index is 1.35. The molecule has 1 spiro atoms. The number of nitrogens with one attached hydrogen (secondary N) is 1. The number of amides is 1. The van der Waals surface area contributed by atoms with Crippen molar-refractivity contribution in [1.29, 1.82) is 0 Å². The zero-order valence-corrected chi connectivity index (χ0v) is 16.5. The molecule has 8 nitrogen and oxygen atoms in total. The number of likely N-dealkylation sites (tertiary alicyclic amines) is 1. The predicted octanol–water partition coefficient (Wildman–Crippen LogP) is 1.88. The van der Waals surface area contributed by atoms with Crippen molar-refractivity contribution in [2.45, 2.75) is 44.1 Å². The number of ether oxygens (including phenoxy) is 2. The van der Waals surface area contributed by atoms with Gasteiger partial charge in [-0.05, 0) is 49.8 Å². The molecule has 1 N–H and O–H groups in total. The molecule has 5 heterocycles. The summed E-state index contributed by atoms with van der Waals surface area (Å²) >= 11 is 0. The third-order valence-electron chi connectivity index (χ3n) is 6.50. The van der Waals surface area contributed by atoms with Gasteiger partial charge in [-0.15, -0.1) is 0 Å². The lowest BCUT2D eigenvalue weighted by molar-refractivity contribution is -0.0962. The third-order valence-corrected chi connectivity index (χ3v) is 6.50. The van der Waals surface area contributed by atoms with Crippen LogP contribution in [0, 0.1) is 6.92 Å². The maximum Gasteiger partial charge on any atom is 0.349 e. The first-order valence-electron chi connectivity index (χ1n) is 10.3. The number of rotatable bonds is 2. The molecule has 1 unspecified atom stereocenters. The number of aromatic nitrogens is 2. The summed E-state index contributed by atoms with van der Waals surface area (Å²) in [6.45, 7) is 4.73. The molecule has 154 valence electrons. The van der Waals surface area contributed by atoms with Crippen molar-refractivity contribution in [2.24, 2.45) is 0 Å². The Morgan fingerprint density at radius 2 is 2.14 bits per heavy atom. The van der Waals surface area contributed by atoms with Gasteiger partial charge in [0, 0.05) is 25.6 Å². The summed E-state index contributed by atoms with van der Waals surface area (Å²) in [5.41, 5.74) is 2.07. The largest absolute Gasteiger partial charge is 0.427 e. The molecule has 0 aliphatic carbocycles. The number of piperidine rings is 1. The van der Waals surface area contributed by atoms with Crippen molar-refractivity contribution in [2.75, 3.05) is 32.9 Å².